The van der Waals surface area contributed by atoms with Crippen LogP contribution in [0.3, 0.4) is 0 Å². The van der Waals surface area contributed by atoms with E-state index in [2.05, 4.69) is 46.3 Å². The molecule has 5 aliphatic rings. The van der Waals surface area contributed by atoms with Crippen molar-refractivity contribution in [2.75, 3.05) is 39.8 Å². The normalized spacial score (nSPS) is 36.2. The molecule has 3 atom stereocenters. The minimum Gasteiger partial charge on any atom is -0.497 e. The summed E-state index contributed by atoms with van der Waals surface area (Å²) < 4.78 is 5.36. The minimum atomic E-state index is -0.198. The fourth-order valence-electron chi connectivity index (χ4n) is 6.34. The maximum Gasteiger partial charge on any atom is 0.228 e. The fraction of sp³-hybridized carbons (Fsp3) is 0.696. The average molecular weight is 384 g/mol. The molecule has 1 N–H and O–H groups in total. The van der Waals surface area contributed by atoms with Crippen LogP contribution in [0.1, 0.15) is 44.1 Å². The molecule has 5 heteroatoms. The monoisotopic (exact) mass is 383 g/mol. The topological polar surface area (TPSA) is 44.8 Å². The van der Waals surface area contributed by atoms with Gasteiger partial charge in [0.15, 0.2) is 0 Å². The van der Waals surface area contributed by atoms with Gasteiger partial charge in [-0.2, -0.15) is 0 Å². The third kappa shape index (κ3) is 2.86. The first kappa shape index (κ1) is 18.4. The van der Waals surface area contributed by atoms with Crippen molar-refractivity contribution in [1.82, 2.24) is 15.1 Å². The molecule has 28 heavy (non-hydrogen) atoms. The van der Waals surface area contributed by atoms with E-state index in [1.54, 1.807) is 7.11 Å². The van der Waals surface area contributed by atoms with Gasteiger partial charge < -0.3 is 15.0 Å². The molecule has 5 fully saturated rings. The van der Waals surface area contributed by atoms with E-state index in [1.807, 2.05) is 0 Å². The highest BCUT2D eigenvalue weighted by Gasteiger charge is 2.56. The number of rotatable bonds is 3. The lowest BCUT2D eigenvalue weighted by molar-refractivity contribution is -0.147. The van der Waals surface area contributed by atoms with Crippen molar-refractivity contribution in [2.24, 2.45) is 11.3 Å². The van der Waals surface area contributed by atoms with Crippen molar-refractivity contribution in [2.45, 2.75) is 50.6 Å². The molecule has 0 unspecified atom stereocenters. The molecule has 0 radical (unpaired) electrons. The highest BCUT2D eigenvalue weighted by Crippen LogP contribution is 2.48. The molecule has 0 saturated carbocycles. The Hall–Kier alpha value is -1.59. The number of ether oxygens (including phenoxy) is 1. The largest absolute Gasteiger partial charge is 0.497 e. The van der Waals surface area contributed by atoms with Crippen LogP contribution in [0, 0.1) is 11.3 Å². The van der Waals surface area contributed by atoms with E-state index in [1.165, 1.54) is 31.5 Å². The standard InChI is InChI=1S/C23H33N3O2/c1-23(9-11-24-12-10-23)22(27)26-15-19(16-3-5-18(28-2)6-4-16)21-20(26)17-7-13-25(21)14-8-17/h3-6,17,19-21,24H,7-15H2,1-2H3/t19-,20+,21+/m1/s1. The number of hydrogen-bond acceptors (Lipinski definition) is 4. The zero-order chi connectivity index (χ0) is 19.3. The molecule has 0 aliphatic carbocycles. The Bertz CT molecular complexity index is 720. The molecule has 5 saturated heterocycles. The van der Waals surface area contributed by atoms with Crippen LogP contribution in [0.25, 0.3) is 0 Å². The fourth-order valence-corrected chi connectivity index (χ4v) is 6.34. The Morgan fingerprint density at radius 3 is 2.43 bits per heavy atom. The summed E-state index contributed by atoms with van der Waals surface area (Å²) in [5.41, 5.74) is 1.16. The molecule has 5 heterocycles. The second-order valence-corrected chi connectivity index (χ2v) is 9.50. The summed E-state index contributed by atoms with van der Waals surface area (Å²) in [5, 5.41) is 3.42. The Morgan fingerprint density at radius 2 is 1.79 bits per heavy atom. The van der Waals surface area contributed by atoms with Crippen molar-refractivity contribution in [1.29, 1.82) is 0 Å². The lowest BCUT2D eigenvalue weighted by atomic mass is 9.74. The van der Waals surface area contributed by atoms with Gasteiger partial charge in [-0.1, -0.05) is 19.1 Å². The quantitative estimate of drug-likeness (QED) is 0.871. The molecule has 1 amide bonds. The van der Waals surface area contributed by atoms with E-state index in [0.717, 1.165) is 38.2 Å². The highest BCUT2D eigenvalue weighted by molar-refractivity contribution is 5.83. The molecule has 5 nitrogen and oxygen atoms in total. The van der Waals surface area contributed by atoms with E-state index in [0.29, 0.717) is 29.8 Å². The van der Waals surface area contributed by atoms with Crippen LogP contribution in [0.5, 0.6) is 5.75 Å². The van der Waals surface area contributed by atoms with Gasteiger partial charge in [-0.25, -0.2) is 0 Å². The Kier molecular flexibility index (Phi) is 4.63. The third-order valence-electron chi connectivity index (χ3n) is 8.02. The summed E-state index contributed by atoms with van der Waals surface area (Å²) in [6, 6.07) is 9.44. The van der Waals surface area contributed by atoms with Gasteiger partial charge in [0.1, 0.15) is 5.75 Å². The number of nitrogens with zero attached hydrogens (tertiary/aromatic N) is 2. The van der Waals surface area contributed by atoms with E-state index in [-0.39, 0.29) is 5.41 Å². The molecule has 5 aliphatic heterocycles. The molecular formula is C23H33N3O2. The number of hydrogen-bond donors (Lipinski definition) is 1. The molecule has 0 aromatic heterocycles. The lowest BCUT2D eigenvalue weighted by Crippen LogP contribution is -2.62. The summed E-state index contributed by atoms with van der Waals surface area (Å²) in [6.07, 6.45) is 4.42. The SMILES string of the molecule is COc1ccc([C@H]2CN(C(=O)C3(C)CCNCC3)[C@H]3C4CCN(CC4)[C@@H]23)cc1. The molecule has 6 rings (SSSR count). The average Bonchev–Trinajstić information content (AvgIpc) is 3.17. The first-order valence-electron chi connectivity index (χ1n) is 11.0. The summed E-state index contributed by atoms with van der Waals surface area (Å²) in [4.78, 5) is 18.8. The number of carbonyl (C=O) groups excluding carboxylic acids is 1. The predicted molar refractivity (Wildman–Crippen MR) is 110 cm³/mol. The Labute approximate surface area is 168 Å². The number of fused-ring (bicyclic) bond motifs is 2. The van der Waals surface area contributed by atoms with E-state index >= 15 is 0 Å². The van der Waals surface area contributed by atoms with Gasteiger partial charge >= 0.3 is 0 Å². The number of carbonyl (C=O) groups is 1. The predicted octanol–water partition coefficient (Wildman–Crippen LogP) is 2.47. The number of nitrogens with one attached hydrogen (secondary N) is 1. The van der Waals surface area contributed by atoms with Gasteiger partial charge in [-0.15, -0.1) is 0 Å². The lowest BCUT2D eigenvalue weighted by Gasteiger charge is -2.52. The van der Waals surface area contributed by atoms with Gasteiger partial charge in [0, 0.05) is 23.9 Å². The molecular weight excluding hydrogens is 350 g/mol. The van der Waals surface area contributed by atoms with Gasteiger partial charge in [0.25, 0.3) is 0 Å². The van der Waals surface area contributed by atoms with E-state index < -0.39 is 0 Å². The van der Waals surface area contributed by atoms with Crippen molar-refractivity contribution in [3.63, 3.8) is 0 Å². The number of amides is 1. The van der Waals surface area contributed by atoms with Crippen LogP contribution < -0.4 is 10.1 Å². The number of methoxy groups -OCH3 is 1. The maximum atomic E-state index is 13.8. The second-order valence-electron chi connectivity index (χ2n) is 9.50. The van der Waals surface area contributed by atoms with Crippen molar-refractivity contribution >= 4 is 5.91 Å². The van der Waals surface area contributed by atoms with Gasteiger partial charge in [-0.05, 0) is 75.5 Å². The summed E-state index contributed by atoms with van der Waals surface area (Å²) in [5.74, 6) is 2.40. The maximum absolute atomic E-state index is 13.8. The van der Waals surface area contributed by atoms with Crippen LogP contribution in [0.15, 0.2) is 24.3 Å². The molecule has 1 aromatic carbocycles. The smallest absolute Gasteiger partial charge is 0.228 e. The number of piperidine rings is 4. The van der Waals surface area contributed by atoms with Crippen LogP contribution in [0.2, 0.25) is 0 Å². The summed E-state index contributed by atoms with van der Waals surface area (Å²) in [7, 11) is 1.71. The molecule has 152 valence electrons. The Morgan fingerprint density at radius 1 is 1.11 bits per heavy atom. The van der Waals surface area contributed by atoms with Crippen LogP contribution in [-0.2, 0) is 4.79 Å². The van der Waals surface area contributed by atoms with Gasteiger partial charge in [0.2, 0.25) is 5.91 Å². The van der Waals surface area contributed by atoms with Crippen molar-refractivity contribution < 1.29 is 9.53 Å². The first-order valence-corrected chi connectivity index (χ1v) is 11.0. The zero-order valence-electron chi connectivity index (χ0n) is 17.2. The van der Waals surface area contributed by atoms with Crippen LogP contribution in [0.4, 0.5) is 0 Å². The van der Waals surface area contributed by atoms with E-state index in [4.69, 9.17) is 4.74 Å². The number of likely N-dealkylation sites (tertiary alicyclic amines) is 1. The Balaban J connectivity index is 1.47. The highest BCUT2D eigenvalue weighted by atomic mass is 16.5. The van der Waals surface area contributed by atoms with Gasteiger partial charge in [-0.3, -0.25) is 9.69 Å². The number of benzene rings is 1. The van der Waals surface area contributed by atoms with Crippen molar-refractivity contribution in [3.8, 4) is 5.75 Å². The molecule has 1 aromatic rings. The minimum absolute atomic E-state index is 0.198. The summed E-state index contributed by atoms with van der Waals surface area (Å²) in [6.45, 7) is 7.39. The molecule has 2 bridgehead atoms. The van der Waals surface area contributed by atoms with Crippen LogP contribution in [-0.4, -0.2) is 67.6 Å². The third-order valence-corrected chi connectivity index (χ3v) is 8.02. The summed E-state index contributed by atoms with van der Waals surface area (Å²) >= 11 is 0. The molecule has 0 spiro atoms. The zero-order valence-corrected chi connectivity index (χ0v) is 17.2. The second kappa shape index (κ2) is 7.03. The first-order chi connectivity index (χ1) is 13.6. The van der Waals surface area contributed by atoms with Crippen molar-refractivity contribution in [3.05, 3.63) is 29.8 Å². The van der Waals surface area contributed by atoms with Gasteiger partial charge in [0.05, 0.1) is 13.2 Å². The van der Waals surface area contributed by atoms with Crippen LogP contribution >= 0.6 is 0 Å². The van der Waals surface area contributed by atoms with E-state index in [9.17, 15) is 4.79 Å².